The maximum atomic E-state index is 11.2. The normalized spacial score (nSPS) is 13.4. The second-order valence-electron chi connectivity index (χ2n) is 10.4. The molecule has 10 heteroatoms. The molecule has 0 amide bonds. The first-order valence-corrected chi connectivity index (χ1v) is 15.8. The van der Waals surface area contributed by atoms with Gasteiger partial charge < -0.3 is 29.2 Å². The van der Waals surface area contributed by atoms with Gasteiger partial charge in [0.15, 0.2) is 0 Å². The molecule has 2 N–H and O–H groups in total. The number of carboxylic acid groups (broad SMARTS) is 1. The van der Waals surface area contributed by atoms with Crippen LogP contribution in [0.2, 0.25) is 0 Å². The lowest BCUT2D eigenvalue weighted by Gasteiger charge is -2.15. The van der Waals surface area contributed by atoms with E-state index in [4.69, 9.17) is 24.4 Å². The van der Waals surface area contributed by atoms with Gasteiger partial charge in [0, 0.05) is 13.2 Å². The summed E-state index contributed by atoms with van der Waals surface area (Å²) in [7, 11) is 0. The second-order valence-corrected chi connectivity index (χ2v) is 10.4. The first kappa shape index (κ1) is 39.4. The zero-order valence-corrected chi connectivity index (χ0v) is 26.7. The average Bonchev–Trinajstić information content (AvgIpc) is 3.44. The Labute approximate surface area is 267 Å². The lowest BCUT2D eigenvalue weighted by atomic mass is 9.92. The van der Waals surface area contributed by atoms with Crippen molar-refractivity contribution in [2.45, 2.75) is 89.9 Å². The highest BCUT2D eigenvalue weighted by molar-refractivity contribution is 5.92. The SMILES string of the molecule is CCC(CCCOCCOC(=O)CCC(=O)O)c1ccccc1.CCC(CCCOCO)c1ccccc1.O=C1CCC(=O)O1. The van der Waals surface area contributed by atoms with E-state index in [1.807, 2.05) is 12.1 Å². The van der Waals surface area contributed by atoms with Crippen molar-refractivity contribution in [3.05, 3.63) is 71.8 Å². The maximum absolute atomic E-state index is 11.2. The lowest BCUT2D eigenvalue weighted by Crippen LogP contribution is -2.12. The summed E-state index contributed by atoms with van der Waals surface area (Å²) in [4.78, 5) is 41.5. The summed E-state index contributed by atoms with van der Waals surface area (Å²) >= 11 is 0. The van der Waals surface area contributed by atoms with E-state index >= 15 is 0 Å². The van der Waals surface area contributed by atoms with E-state index in [0.717, 1.165) is 38.5 Å². The Morgan fingerprint density at radius 1 is 0.733 bits per heavy atom. The van der Waals surface area contributed by atoms with Gasteiger partial charge in [0.1, 0.15) is 13.4 Å². The molecule has 0 spiro atoms. The number of carbonyl (C=O) groups excluding carboxylic acids is 3. The van der Waals surface area contributed by atoms with E-state index in [2.05, 4.69) is 67.1 Å². The molecule has 250 valence electrons. The molecular weight excluding hydrogens is 580 g/mol. The van der Waals surface area contributed by atoms with Crippen LogP contribution in [0.4, 0.5) is 0 Å². The molecule has 1 heterocycles. The number of carbonyl (C=O) groups is 4. The van der Waals surface area contributed by atoms with Crippen LogP contribution in [-0.4, -0.2) is 67.3 Å². The molecule has 0 radical (unpaired) electrons. The van der Waals surface area contributed by atoms with E-state index < -0.39 is 23.9 Å². The third kappa shape index (κ3) is 20.1. The van der Waals surface area contributed by atoms with E-state index in [1.54, 1.807) is 0 Å². The first-order valence-electron chi connectivity index (χ1n) is 15.8. The van der Waals surface area contributed by atoms with E-state index in [1.165, 1.54) is 11.1 Å². The van der Waals surface area contributed by atoms with Gasteiger partial charge in [0.05, 0.1) is 32.3 Å². The molecule has 1 aliphatic heterocycles. The van der Waals surface area contributed by atoms with Crippen molar-refractivity contribution < 1.29 is 48.3 Å². The monoisotopic (exact) mass is 630 g/mol. The van der Waals surface area contributed by atoms with Crippen LogP contribution in [0.1, 0.15) is 101 Å². The standard InChI is InChI=1S/C18H26O5.C13H20O2.C4H4O3/c1-2-15(16-7-4-3-5-8-16)9-6-12-22-13-14-23-18(21)11-10-17(19)20;1-2-12(9-6-10-15-11-14)13-7-4-3-5-8-13;5-3-1-2-4(6)7-3/h3-5,7-8,15H,2,6,9-14H2,1H3,(H,19,20);3-5,7-8,12,14H,2,6,9-11H2,1H3;1-2H2. The number of aliphatic carboxylic acids is 1. The predicted molar refractivity (Wildman–Crippen MR) is 169 cm³/mol. The average molecular weight is 631 g/mol. The molecular formula is C35H50O10. The van der Waals surface area contributed by atoms with Gasteiger partial charge in [-0.3, -0.25) is 19.2 Å². The number of benzene rings is 2. The number of esters is 3. The summed E-state index contributed by atoms with van der Waals surface area (Å²) in [5, 5.41) is 16.9. The number of rotatable bonds is 19. The zero-order chi connectivity index (χ0) is 33.1. The van der Waals surface area contributed by atoms with Crippen LogP contribution in [0.15, 0.2) is 60.7 Å². The molecule has 0 aromatic heterocycles. The summed E-state index contributed by atoms with van der Waals surface area (Å²) in [5.41, 5.74) is 2.77. The number of cyclic esters (lactones) is 2. The third-order valence-electron chi connectivity index (χ3n) is 7.10. The van der Waals surface area contributed by atoms with Crippen molar-refractivity contribution in [2.75, 3.05) is 33.2 Å². The van der Waals surface area contributed by atoms with E-state index in [9.17, 15) is 19.2 Å². The van der Waals surface area contributed by atoms with Crippen LogP contribution in [0.25, 0.3) is 0 Å². The van der Waals surface area contributed by atoms with Crippen molar-refractivity contribution in [1.82, 2.24) is 0 Å². The van der Waals surface area contributed by atoms with Gasteiger partial charge in [-0.25, -0.2) is 0 Å². The summed E-state index contributed by atoms with van der Waals surface area (Å²) in [6.07, 6.45) is 6.65. The number of aliphatic hydroxyl groups is 1. The Morgan fingerprint density at radius 3 is 1.62 bits per heavy atom. The first-order chi connectivity index (χ1) is 21.8. The molecule has 1 saturated heterocycles. The highest BCUT2D eigenvalue weighted by Crippen LogP contribution is 2.25. The van der Waals surface area contributed by atoms with Crippen molar-refractivity contribution in [2.24, 2.45) is 0 Å². The number of carboxylic acids is 1. The molecule has 2 aromatic carbocycles. The molecule has 2 atom stereocenters. The van der Waals surface area contributed by atoms with Crippen LogP contribution < -0.4 is 0 Å². The Hall–Kier alpha value is -3.60. The van der Waals surface area contributed by atoms with Gasteiger partial charge in [0.25, 0.3) is 0 Å². The fourth-order valence-corrected chi connectivity index (χ4v) is 4.62. The summed E-state index contributed by atoms with van der Waals surface area (Å²) in [5.74, 6) is -1.12. The molecule has 1 aliphatic rings. The fourth-order valence-electron chi connectivity index (χ4n) is 4.62. The number of aliphatic hydroxyl groups excluding tert-OH is 1. The minimum absolute atomic E-state index is 0.0927. The van der Waals surface area contributed by atoms with Gasteiger partial charge >= 0.3 is 23.9 Å². The Balaban J connectivity index is 0.000000389. The summed E-state index contributed by atoms with van der Waals surface area (Å²) in [6, 6.07) is 21.0. The molecule has 0 bridgehead atoms. The van der Waals surface area contributed by atoms with Crippen molar-refractivity contribution in [3.63, 3.8) is 0 Å². The number of hydrogen-bond acceptors (Lipinski definition) is 9. The molecule has 10 nitrogen and oxygen atoms in total. The Morgan fingerprint density at radius 2 is 1.22 bits per heavy atom. The van der Waals surface area contributed by atoms with Crippen molar-refractivity contribution in [1.29, 1.82) is 0 Å². The molecule has 3 rings (SSSR count). The minimum Gasteiger partial charge on any atom is -0.481 e. The van der Waals surface area contributed by atoms with Gasteiger partial charge in [-0.15, -0.1) is 0 Å². The summed E-state index contributed by atoms with van der Waals surface area (Å²) in [6.45, 7) is 6.05. The molecule has 2 unspecified atom stereocenters. The number of ether oxygens (including phenoxy) is 4. The predicted octanol–water partition coefficient (Wildman–Crippen LogP) is 6.16. The molecule has 1 fully saturated rings. The largest absolute Gasteiger partial charge is 0.481 e. The Kier molecular flexibility index (Phi) is 22.5. The smallest absolute Gasteiger partial charge is 0.314 e. The molecule has 45 heavy (non-hydrogen) atoms. The second kappa shape index (κ2) is 25.7. The van der Waals surface area contributed by atoms with Gasteiger partial charge in [-0.05, 0) is 61.5 Å². The molecule has 2 aromatic rings. The van der Waals surface area contributed by atoms with E-state index in [0.29, 0.717) is 31.7 Å². The van der Waals surface area contributed by atoms with Gasteiger partial charge in [-0.2, -0.15) is 0 Å². The van der Waals surface area contributed by atoms with Crippen LogP contribution >= 0.6 is 0 Å². The van der Waals surface area contributed by atoms with Gasteiger partial charge in [-0.1, -0.05) is 74.5 Å². The highest BCUT2D eigenvalue weighted by atomic mass is 16.6. The van der Waals surface area contributed by atoms with Crippen molar-refractivity contribution in [3.8, 4) is 0 Å². The van der Waals surface area contributed by atoms with Crippen LogP contribution in [0.3, 0.4) is 0 Å². The van der Waals surface area contributed by atoms with Crippen molar-refractivity contribution >= 4 is 23.9 Å². The summed E-state index contributed by atoms with van der Waals surface area (Å²) < 4.78 is 19.3. The van der Waals surface area contributed by atoms with Crippen LogP contribution in [-0.2, 0) is 38.1 Å². The van der Waals surface area contributed by atoms with Gasteiger partial charge in [0.2, 0.25) is 0 Å². The molecule has 0 aliphatic carbocycles. The zero-order valence-electron chi connectivity index (χ0n) is 26.7. The highest BCUT2D eigenvalue weighted by Gasteiger charge is 2.19. The van der Waals surface area contributed by atoms with Crippen LogP contribution in [0.5, 0.6) is 0 Å². The minimum atomic E-state index is -0.998. The third-order valence-corrected chi connectivity index (χ3v) is 7.10. The quantitative estimate of drug-likeness (QED) is 0.0801. The maximum Gasteiger partial charge on any atom is 0.314 e. The van der Waals surface area contributed by atoms with Crippen LogP contribution in [0, 0.1) is 0 Å². The topological polar surface area (TPSA) is 146 Å². The Bertz CT molecular complexity index is 1060. The lowest BCUT2D eigenvalue weighted by molar-refractivity contribution is -0.152. The molecule has 0 saturated carbocycles. The van der Waals surface area contributed by atoms with E-state index in [-0.39, 0.29) is 39.1 Å². The number of hydrogen-bond donors (Lipinski definition) is 2. The fraction of sp³-hybridized carbons (Fsp3) is 0.543.